The van der Waals surface area contributed by atoms with E-state index in [0.717, 1.165) is 42.7 Å². The highest BCUT2D eigenvalue weighted by molar-refractivity contribution is 5.65. The van der Waals surface area contributed by atoms with Crippen LogP contribution in [0.3, 0.4) is 0 Å². The second-order valence-corrected chi connectivity index (χ2v) is 7.17. The lowest BCUT2D eigenvalue weighted by atomic mass is 10.1. The van der Waals surface area contributed by atoms with Crippen molar-refractivity contribution in [3.63, 3.8) is 0 Å². The molecule has 138 valence electrons. The van der Waals surface area contributed by atoms with Crippen LogP contribution in [0.1, 0.15) is 24.8 Å². The molecule has 1 fully saturated rings. The molecule has 0 N–H and O–H groups in total. The second kappa shape index (κ2) is 8.21. The van der Waals surface area contributed by atoms with Crippen molar-refractivity contribution in [2.45, 2.75) is 25.8 Å². The van der Waals surface area contributed by atoms with Gasteiger partial charge in [-0.1, -0.05) is 60.7 Å². The fraction of sp³-hybridized carbons (Fsp3) is 0.304. The summed E-state index contributed by atoms with van der Waals surface area (Å²) in [5.74, 6) is 1.82. The van der Waals surface area contributed by atoms with Gasteiger partial charge in [0.25, 0.3) is 0 Å². The van der Waals surface area contributed by atoms with Gasteiger partial charge in [-0.3, -0.25) is 0 Å². The molecule has 4 heteroatoms. The maximum absolute atomic E-state index is 4.92. The van der Waals surface area contributed by atoms with Crippen molar-refractivity contribution in [2.24, 2.45) is 0 Å². The van der Waals surface area contributed by atoms with E-state index >= 15 is 0 Å². The summed E-state index contributed by atoms with van der Waals surface area (Å²) < 4.78 is 0. The number of hydrogen-bond donors (Lipinski definition) is 0. The molecular weight excluding hydrogens is 332 g/mol. The van der Waals surface area contributed by atoms with Gasteiger partial charge in [0.05, 0.1) is 5.69 Å². The summed E-state index contributed by atoms with van der Waals surface area (Å²) in [7, 11) is 2.07. The Morgan fingerprint density at radius 1 is 0.852 bits per heavy atom. The Morgan fingerprint density at radius 3 is 2.22 bits per heavy atom. The van der Waals surface area contributed by atoms with Crippen LogP contribution in [-0.4, -0.2) is 30.1 Å². The molecule has 0 atom stereocenters. The fourth-order valence-corrected chi connectivity index (χ4v) is 3.56. The smallest absolute Gasteiger partial charge is 0.227 e. The molecule has 0 unspecified atom stereocenters. The molecule has 0 saturated carbocycles. The average molecular weight is 358 g/mol. The van der Waals surface area contributed by atoms with Gasteiger partial charge in [0.1, 0.15) is 5.82 Å². The Bertz CT molecular complexity index is 858. The Balaban J connectivity index is 1.68. The van der Waals surface area contributed by atoms with Gasteiger partial charge in [-0.05, 0) is 24.8 Å². The van der Waals surface area contributed by atoms with Crippen molar-refractivity contribution < 1.29 is 0 Å². The Labute approximate surface area is 161 Å². The lowest BCUT2D eigenvalue weighted by molar-refractivity contribution is 0.573. The lowest BCUT2D eigenvalue weighted by Crippen LogP contribution is -2.31. The van der Waals surface area contributed by atoms with Crippen LogP contribution in [0.5, 0.6) is 0 Å². The molecule has 4 nitrogen and oxygen atoms in total. The lowest BCUT2D eigenvalue weighted by Gasteiger charge is -2.29. The minimum atomic E-state index is 0.778. The minimum absolute atomic E-state index is 0.778. The first kappa shape index (κ1) is 17.5. The van der Waals surface area contributed by atoms with Crippen LogP contribution in [0, 0.1) is 0 Å². The number of rotatable bonds is 5. The average Bonchev–Trinajstić information content (AvgIpc) is 2.75. The first-order valence-corrected chi connectivity index (χ1v) is 9.74. The van der Waals surface area contributed by atoms with E-state index in [1.54, 1.807) is 0 Å². The Kier molecular flexibility index (Phi) is 5.33. The summed E-state index contributed by atoms with van der Waals surface area (Å²) in [6.07, 6.45) is 3.79. The molecule has 4 rings (SSSR count). The van der Waals surface area contributed by atoms with E-state index in [1.807, 2.05) is 12.1 Å². The zero-order valence-corrected chi connectivity index (χ0v) is 15.9. The molecule has 0 radical (unpaired) electrons. The van der Waals surface area contributed by atoms with Crippen molar-refractivity contribution >= 4 is 11.8 Å². The molecule has 0 bridgehead atoms. The molecule has 1 saturated heterocycles. The van der Waals surface area contributed by atoms with E-state index in [-0.39, 0.29) is 0 Å². The predicted molar refractivity (Wildman–Crippen MR) is 112 cm³/mol. The van der Waals surface area contributed by atoms with Crippen molar-refractivity contribution in [3.8, 4) is 11.3 Å². The van der Waals surface area contributed by atoms with Crippen LogP contribution >= 0.6 is 0 Å². The molecule has 0 aliphatic carbocycles. The van der Waals surface area contributed by atoms with Crippen LogP contribution in [0.4, 0.5) is 11.8 Å². The van der Waals surface area contributed by atoms with Crippen LogP contribution in [0.15, 0.2) is 66.7 Å². The highest BCUT2D eigenvalue weighted by Gasteiger charge is 2.17. The predicted octanol–water partition coefficient (Wildman–Crippen LogP) is 4.77. The molecule has 2 aromatic carbocycles. The molecule has 1 aromatic heterocycles. The van der Waals surface area contributed by atoms with Crippen LogP contribution in [-0.2, 0) is 6.54 Å². The SMILES string of the molecule is CN(Cc1ccccc1)c1nc(-c2ccccc2)cc(N2CCCCC2)n1. The zero-order valence-electron chi connectivity index (χ0n) is 15.9. The van der Waals surface area contributed by atoms with Crippen molar-refractivity contribution in [1.82, 2.24) is 9.97 Å². The first-order valence-electron chi connectivity index (χ1n) is 9.74. The van der Waals surface area contributed by atoms with Crippen LogP contribution < -0.4 is 9.80 Å². The summed E-state index contributed by atoms with van der Waals surface area (Å²) in [5, 5.41) is 0. The number of benzene rings is 2. The standard InChI is InChI=1S/C23H26N4/c1-26(18-19-11-5-2-6-12-19)23-24-21(20-13-7-3-8-14-20)17-22(25-23)27-15-9-4-10-16-27/h2-3,5-8,11-14,17H,4,9-10,15-16,18H2,1H3. The number of piperidine rings is 1. The topological polar surface area (TPSA) is 32.3 Å². The normalized spacial score (nSPS) is 14.2. The van der Waals surface area contributed by atoms with E-state index in [4.69, 9.17) is 9.97 Å². The molecule has 0 amide bonds. The third-order valence-corrected chi connectivity index (χ3v) is 5.05. The summed E-state index contributed by atoms with van der Waals surface area (Å²) in [6.45, 7) is 2.94. The monoisotopic (exact) mass is 358 g/mol. The van der Waals surface area contributed by atoms with Gasteiger partial charge < -0.3 is 9.80 Å². The molecule has 27 heavy (non-hydrogen) atoms. The molecule has 2 heterocycles. The van der Waals surface area contributed by atoms with E-state index in [0.29, 0.717) is 0 Å². The maximum Gasteiger partial charge on any atom is 0.227 e. The van der Waals surface area contributed by atoms with Gasteiger partial charge in [0, 0.05) is 38.3 Å². The zero-order chi connectivity index (χ0) is 18.5. The van der Waals surface area contributed by atoms with Gasteiger partial charge in [0.2, 0.25) is 5.95 Å². The largest absolute Gasteiger partial charge is 0.356 e. The van der Waals surface area contributed by atoms with E-state index in [9.17, 15) is 0 Å². The summed E-state index contributed by atoms with van der Waals surface area (Å²) in [6, 6.07) is 23.0. The van der Waals surface area contributed by atoms with Gasteiger partial charge in [-0.15, -0.1) is 0 Å². The minimum Gasteiger partial charge on any atom is -0.356 e. The third kappa shape index (κ3) is 4.27. The van der Waals surface area contributed by atoms with E-state index in [2.05, 4.69) is 71.4 Å². The molecule has 3 aromatic rings. The van der Waals surface area contributed by atoms with E-state index in [1.165, 1.54) is 24.8 Å². The van der Waals surface area contributed by atoms with Crippen molar-refractivity contribution in [2.75, 3.05) is 29.9 Å². The highest BCUT2D eigenvalue weighted by Crippen LogP contribution is 2.26. The van der Waals surface area contributed by atoms with Crippen molar-refractivity contribution in [3.05, 3.63) is 72.3 Å². The van der Waals surface area contributed by atoms with E-state index < -0.39 is 0 Å². The van der Waals surface area contributed by atoms with Crippen molar-refractivity contribution in [1.29, 1.82) is 0 Å². The second-order valence-electron chi connectivity index (χ2n) is 7.17. The number of aromatic nitrogens is 2. The Morgan fingerprint density at radius 2 is 1.52 bits per heavy atom. The molecule has 1 aliphatic heterocycles. The molecular formula is C23H26N4. The molecule has 0 spiro atoms. The maximum atomic E-state index is 4.92. The van der Waals surface area contributed by atoms with Crippen LogP contribution in [0.25, 0.3) is 11.3 Å². The number of nitrogens with zero attached hydrogens (tertiary/aromatic N) is 4. The number of hydrogen-bond acceptors (Lipinski definition) is 4. The summed E-state index contributed by atoms with van der Waals surface area (Å²) in [4.78, 5) is 14.3. The quantitative estimate of drug-likeness (QED) is 0.658. The number of anilines is 2. The van der Waals surface area contributed by atoms with Crippen LogP contribution in [0.2, 0.25) is 0 Å². The van der Waals surface area contributed by atoms with Gasteiger partial charge in [-0.2, -0.15) is 4.98 Å². The first-order chi connectivity index (χ1) is 13.3. The third-order valence-electron chi connectivity index (χ3n) is 5.05. The Hall–Kier alpha value is -2.88. The fourth-order valence-electron chi connectivity index (χ4n) is 3.56. The van der Waals surface area contributed by atoms with Gasteiger partial charge >= 0.3 is 0 Å². The highest BCUT2D eigenvalue weighted by atomic mass is 15.3. The summed E-state index contributed by atoms with van der Waals surface area (Å²) >= 11 is 0. The molecule has 1 aliphatic rings. The van der Waals surface area contributed by atoms with Gasteiger partial charge in [-0.25, -0.2) is 4.98 Å². The van der Waals surface area contributed by atoms with Gasteiger partial charge in [0.15, 0.2) is 0 Å². The summed E-state index contributed by atoms with van der Waals surface area (Å²) in [5.41, 5.74) is 3.38.